The molecular formula is C58H109NO5. The molecule has 0 saturated heterocycles. The van der Waals surface area contributed by atoms with Crippen LogP contribution in [0.2, 0.25) is 0 Å². The second-order valence-corrected chi connectivity index (χ2v) is 19.3. The van der Waals surface area contributed by atoms with Gasteiger partial charge in [0.15, 0.2) is 0 Å². The van der Waals surface area contributed by atoms with Crippen LogP contribution in [0.25, 0.3) is 0 Å². The zero-order chi connectivity index (χ0) is 46.5. The van der Waals surface area contributed by atoms with Crippen molar-refractivity contribution in [1.29, 1.82) is 0 Å². The second-order valence-electron chi connectivity index (χ2n) is 19.3. The highest BCUT2D eigenvalue weighted by Gasteiger charge is 2.20. The predicted molar refractivity (Wildman–Crippen MR) is 278 cm³/mol. The molecule has 0 aliphatic carbocycles. The minimum absolute atomic E-state index is 0.00102. The SMILES string of the molecule is CCCC/C=C\CCCCCCCC(=O)OCCCCCCCCCCC/C=C\C/C=C\CCCCCCCCCCCCCC(=O)NC(CO)C(O)CCCCCCCCCCC. The maximum Gasteiger partial charge on any atom is 0.305 e. The molecule has 6 nitrogen and oxygen atoms in total. The highest BCUT2D eigenvalue weighted by molar-refractivity contribution is 5.76. The molecule has 2 unspecified atom stereocenters. The number of rotatable bonds is 52. The first kappa shape index (κ1) is 62.1. The van der Waals surface area contributed by atoms with Gasteiger partial charge in [-0.15, -0.1) is 0 Å². The molecule has 0 aliphatic rings. The zero-order valence-electron chi connectivity index (χ0n) is 42.8. The molecule has 376 valence electrons. The van der Waals surface area contributed by atoms with E-state index in [9.17, 15) is 19.8 Å². The molecule has 0 heterocycles. The largest absolute Gasteiger partial charge is 0.466 e. The fourth-order valence-electron chi connectivity index (χ4n) is 8.53. The van der Waals surface area contributed by atoms with Gasteiger partial charge in [-0.1, -0.05) is 243 Å². The third-order valence-corrected chi connectivity index (χ3v) is 12.9. The van der Waals surface area contributed by atoms with E-state index in [4.69, 9.17) is 4.74 Å². The number of esters is 1. The van der Waals surface area contributed by atoms with Crippen LogP contribution in [-0.4, -0.2) is 47.4 Å². The molecule has 0 radical (unpaired) electrons. The monoisotopic (exact) mass is 900 g/mol. The molecule has 0 bridgehead atoms. The minimum Gasteiger partial charge on any atom is -0.466 e. The summed E-state index contributed by atoms with van der Waals surface area (Å²) in [5, 5.41) is 23.1. The number of ether oxygens (including phenoxy) is 1. The summed E-state index contributed by atoms with van der Waals surface area (Å²) in [5.74, 6) is -0.0418. The van der Waals surface area contributed by atoms with E-state index < -0.39 is 12.1 Å². The van der Waals surface area contributed by atoms with Gasteiger partial charge in [0.05, 0.1) is 25.4 Å². The summed E-state index contributed by atoms with van der Waals surface area (Å²) < 4.78 is 5.45. The number of unbranched alkanes of at least 4 members (excludes halogenated alkanes) is 35. The van der Waals surface area contributed by atoms with E-state index in [0.29, 0.717) is 25.9 Å². The maximum atomic E-state index is 12.4. The standard InChI is InChI=1S/C58H109NO5/c1-3-5-7-9-11-13-31-36-40-44-48-52-58(63)64-53-49-45-41-37-33-30-28-26-24-22-20-18-16-14-15-17-19-21-23-25-27-29-32-35-39-43-47-51-57(62)59-55(54-60)56(61)50-46-42-38-34-12-10-8-6-4-2/h9,11,14-15,18,20,55-56,60-61H,3-8,10,12-13,16-17,19,21-54H2,1-2H3,(H,59,62)/b11-9-,15-14-,20-18-. The maximum absolute atomic E-state index is 12.4. The van der Waals surface area contributed by atoms with Crippen LogP contribution in [0.5, 0.6) is 0 Å². The van der Waals surface area contributed by atoms with E-state index in [2.05, 4.69) is 55.6 Å². The number of amides is 1. The highest BCUT2D eigenvalue weighted by atomic mass is 16.5. The number of hydrogen-bond donors (Lipinski definition) is 3. The summed E-state index contributed by atoms with van der Waals surface area (Å²) in [7, 11) is 0. The van der Waals surface area contributed by atoms with Crippen LogP contribution in [0.1, 0.15) is 296 Å². The molecule has 0 rings (SSSR count). The Hall–Kier alpha value is -1.92. The van der Waals surface area contributed by atoms with Gasteiger partial charge in [-0.25, -0.2) is 0 Å². The summed E-state index contributed by atoms with van der Waals surface area (Å²) in [6, 6.07) is -0.542. The minimum atomic E-state index is -0.664. The fourth-order valence-corrected chi connectivity index (χ4v) is 8.53. The summed E-state index contributed by atoms with van der Waals surface area (Å²) in [6.07, 6.45) is 65.8. The molecular weight excluding hydrogens is 791 g/mol. The van der Waals surface area contributed by atoms with Gasteiger partial charge in [0.1, 0.15) is 0 Å². The van der Waals surface area contributed by atoms with Crippen LogP contribution in [0, 0.1) is 0 Å². The van der Waals surface area contributed by atoms with Crippen molar-refractivity contribution in [3.8, 4) is 0 Å². The number of carbonyl (C=O) groups excluding carboxylic acids is 2. The molecule has 0 aromatic rings. The first-order valence-corrected chi connectivity index (χ1v) is 28.2. The van der Waals surface area contributed by atoms with Gasteiger partial charge >= 0.3 is 5.97 Å². The fraction of sp³-hybridized carbons (Fsp3) is 0.862. The zero-order valence-corrected chi connectivity index (χ0v) is 42.8. The van der Waals surface area contributed by atoms with Gasteiger partial charge in [0.25, 0.3) is 0 Å². The van der Waals surface area contributed by atoms with E-state index in [1.165, 1.54) is 212 Å². The smallest absolute Gasteiger partial charge is 0.305 e. The third-order valence-electron chi connectivity index (χ3n) is 12.9. The van der Waals surface area contributed by atoms with Crippen molar-refractivity contribution >= 4 is 11.9 Å². The molecule has 0 saturated carbocycles. The van der Waals surface area contributed by atoms with Crippen molar-refractivity contribution in [3.63, 3.8) is 0 Å². The van der Waals surface area contributed by atoms with Crippen LogP contribution < -0.4 is 5.32 Å². The lowest BCUT2D eigenvalue weighted by Crippen LogP contribution is -2.45. The molecule has 64 heavy (non-hydrogen) atoms. The first-order valence-electron chi connectivity index (χ1n) is 28.2. The number of aliphatic hydroxyl groups excluding tert-OH is 2. The third kappa shape index (κ3) is 49.5. The van der Waals surface area contributed by atoms with E-state index in [-0.39, 0.29) is 18.5 Å². The topological polar surface area (TPSA) is 95.9 Å². The average molecular weight is 901 g/mol. The van der Waals surface area contributed by atoms with E-state index >= 15 is 0 Å². The lowest BCUT2D eigenvalue weighted by Gasteiger charge is -2.22. The van der Waals surface area contributed by atoms with Crippen LogP contribution in [0.15, 0.2) is 36.5 Å². The van der Waals surface area contributed by atoms with Crippen molar-refractivity contribution in [2.24, 2.45) is 0 Å². The summed E-state index contributed by atoms with van der Waals surface area (Å²) in [6.45, 7) is 4.89. The van der Waals surface area contributed by atoms with Crippen LogP contribution in [-0.2, 0) is 14.3 Å². The quantitative estimate of drug-likeness (QED) is 0.0321. The van der Waals surface area contributed by atoms with E-state index in [1.807, 2.05) is 0 Å². The number of hydrogen-bond acceptors (Lipinski definition) is 5. The summed E-state index contributed by atoms with van der Waals surface area (Å²) in [4.78, 5) is 24.4. The summed E-state index contributed by atoms with van der Waals surface area (Å²) in [5.41, 5.74) is 0. The Bertz CT molecular complexity index is 1040. The normalized spacial score (nSPS) is 12.9. The molecule has 6 heteroatoms. The molecule has 3 N–H and O–H groups in total. The lowest BCUT2D eigenvalue weighted by molar-refractivity contribution is -0.143. The number of allylic oxidation sites excluding steroid dienone is 6. The van der Waals surface area contributed by atoms with Gasteiger partial charge in [0, 0.05) is 12.8 Å². The Morgan fingerprint density at radius 1 is 0.438 bits per heavy atom. The van der Waals surface area contributed by atoms with Crippen molar-refractivity contribution in [2.45, 2.75) is 309 Å². The van der Waals surface area contributed by atoms with Gasteiger partial charge < -0.3 is 20.3 Å². The molecule has 0 aromatic carbocycles. The number of carbonyl (C=O) groups is 2. The van der Waals surface area contributed by atoms with E-state index in [1.54, 1.807) is 0 Å². The Kier molecular flexibility index (Phi) is 52.1. The average Bonchev–Trinajstić information content (AvgIpc) is 3.29. The van der Waals surface area contributed by atoms with Crippen molar-refractivity contribution in [3.05, 3.63) is 36.5 Å². The van der Waals surface area contributed by atoms with Crippen molar-refractivity contribution < 1.29 is 24.5 Å². The second kappa shape index (κ2) is 53.7. The van der Waals surface area contributed by atoms with Crippen LogP contribution in [0.4, 0.5) is 0 Å². The molecule has 2 atom stereocenters. The van der Waals surface area contributed by atoms with Gasteiger partial charge in [-0.2, -0.15) is 0 Å². The van der Waals surface area contributed by atoms with Crippen molar-refractivity contribution in [1.82, 2.24) is 5.32 Å². The Labute approximate surface area is 398 Å². The lowest BCUT2D eigenvalue weighted by atomic mass is 10.0. The molecule has 1 amide bonds. The van der Waals surface area contributed by atoms with Gasteiger partial charge in [-0.3, -0.25) is 9.59 Å². The van der Waals surface area contributed by atoms with Crippen molar-refractivity contribution in [2.75, 3.05) is 13.2 Å². The molecule has 0 aliphatic heterocycles. The summed E-state index contributed by atoms with van der Waals surface area (Å²) >= 11 is 0. The van der Waals surface area contributed by atoms with Crippen LogP contribution >= 0.6 is 0 Å². The van der Waals surface area contributed by atoms with Gasteiger partial charge in [-0.05, 0) is 77.0 Å². The highest BCUT2D eigenvalue weighted by Crippen LogP contribution is 2.16. The van der Waals surface area contributed by atoms with Crippen LogP contribution in [0.3, 0.4) is 0 Å². The van der Waals surface area contributed by atoms with Gasteiger partial charge in [0.2, 0.25) is 5.91 Å². The number of nitrogens with one attached hydrogen (secondary N) is 1. The number of aliphatic hydroxyl groups is 2. The predicted octanol–water partition coefficient (Wildman–Crippen LogP) is 17.2. The Morgan fingerprint density at radius 2 is 0.797 bits per heavy atom. The Morgan fingerprint density at radius 3 is 1.25 bits per heavy atom. The molecule has 0 fully saturated rings. The molecule has 0 spiro atoms. The Balaban J connectivity index is 3.40. The molecule has 0 aromatic heterocycles. The van der Waals surface area contributed by atoms with E-state index in [0.717, 1.165) is 51.4 Å². The first-order chi connectivity index (χ1) is 31.5.